The molecule has 3 aromatic rings. The topological polar surface area (TPSA) is 110 Å². The standard InChI is InChI=1S/C16H13FN4O3/c17-10-5-3-9(4-6-10)8-19-15(23)12-13(22)16(24)21-7-1-2-11(18)14(21)20-12/h1-7,22H,8,18H2,(H,19,23). The van der Waals surface area contributed by atoms with Gasteiger partial charge in [0.25, 0.3) is 5.91 Å². The number of halogens is 1. The van der Waals surface area contributed by atoms with Crippen LogP contribution in [0.15, 0.2) is 47.4 Å². The molecular formula is C16H13FN4O3. The number of benzene rings is 1. The number of carbonyl (C=O) groups is 1. The second-order valence-electron chi connectivity index (χ2n) is 5.08. The van der Waals surface area contributed by atoms with Gasteiger partial charge in [0.05, 0.1) is 5.69 Å². The second kappa shape index (κ2) is 5.99. The Morgan fingerprint density at radius 2 is 2.00 bits per heavy atom. The van der Waals surface area contributed by atoms with Gasteiger partial charge >= 0.3 is 5.56 Å². The quantitative estimate of drug-likeness (QED) is 0.666. The number of aromatic nitrogens is 2. The highest BCUT2D eigenvalue weighted by Gasteiger charge is 2.19. The molecule has 8 heteroatoms. The first kappa shape index (κ1) is 15.5. The smallest absolute Gasteiger partial charge is 0.300 e. The summed E-state index contributed by atoms with van der Waals surface area (Å²) in [6.07, 6.45) is 1.39. The Labute approximate surface area is 135 Å². The van der Waals surface area contributed by atoms with Crippen molar-refractivity contribution in [2.24, 2.45) is 0 Å². The number of nitrogens with zero attached hydrogens (tertiary/aromatic N) is 2. The number of nitrogen functional groups attached to an aromatic ring is 1. The lowest BCUT2D eigenvalue weighted by molar-refractivity contribution is 0.0942. The average Bonchev–Trinajstić information content (AvgIpc) is 2.58. The maximum Gasteiger partial charge on any atom is 0.300 e. The van der Waals surface area contributed by atoms with E-state index < -0.39 is 22.9 Å². The fourth-order valence-electron chi connectivity index (χ4n) is 2.20. The van der Waals surface area contributed by atoms with E-state index in [-0.39, 0.29) is 23.7 Å². The average molecular weight is 328 g/mol. The number of anilines is 1. The summed E-state index contributed by atoms with van der Waals surface area (Å²) in [5, 5.41) is 12.5. The van der Waals surface area contributed by atoms with E-state index in [0.29, 0.717) is 5.56 Å². The minimum absolute atomic E-state index is 0.0761. The number of carbonyl (C=O) groups excluding carboxylic acids is 1. The molecule has 0 aliphatic rings. The fourth-order valence-corrected chi connectivity index (χ4v) is 2.20. The number of amides is 1. The zero-order valence-electron chi connectivity index (χ0n) is 12.4. The largest absolute Gasteiger partial charge is 0.501 e. The molecule has 7 nitrogen and oxygen atoms in total. The Balaban J connectivity index is 1.92. The molecule has 1 aromatic carbocycles. The number of hydrogen-bond donors (Lipinski definition) is 3. The van der Waals surface area contributed by atoms with Crippen molar-refractivity contribution in [2.45, 2.75) is 6.54 Å². The molecule has 0 spiro atoms. The fraction of sp³-hybridized carbons (Fsp3) is 0.0625. The lowest BCUT2D eigenvalue weighted by atomic mass is 10.2. The molecule has 0 bridgehead atoms. The summed E-state index contributed by atoms with van der Waals surface area (Å²) in [7, 11) is 0. The monoisotopic (exact) mass is 328 g/mol. The molecule has 0 radical (unpaired) electrons. The molecule has 2 aromatic heterocycles. The summed E-state index contributed by atoms with van der Waals surface area (Å²) >= 11 is 0. The van der Waals surface area contributed by atoms with Crippen LogP contribution in [0.25, 0.3) is 5.65 Å². The molecule has 4 N–H and O–H groups in total. The van der Waals surface area contributed by atoms with Crippen molar-refractivity contribution in [3.63, 3.8) is 0 Å². The third kappa shape index (κ3) is 2.76. The van der Waals surface area contributed by atoms with Crippen LogP contribution >= 0.6 is 0 Å². The number of hydrogen-bond acceptors (Lipinski definition) is 5. The normalized spacial score (nSPS) is 10.7. The van der Waals surface area contributed by atoms with E-state index >= 15 is 0 Å². The first-order valence-electron chi connectivity index (χ1n) is 7.00. The number of nitrogens with two attached hydrogens (primary N) is 1. The maximum absolute atomic E-state index is 12.9. The number of pyridine rings is 1. The van der Waals surface area contributed by atoms with Crippen LogP contribution in [0, 0.1) is 5.82 Å². The van der Waals surface area contributed by atoms with Gasteiger partial charge in [-0.05, 0) is 29.8 Å². The van der Waals surface area contributed by atoms with Gasteiger partial charge < -0.3 is 16.2 Å². The van der Waals surface area contributed by atoms with Crippen molar-refractivity contribution in [1.82, 2.24) is 14.7 Å². The van der Waals surface area contributed by atoms with Gasteiger partial charge in [-0.1, -0.05) is 12.1 Å². The van der Waals surface area contributed by atoms with Crippen molar-refractivity contribution >= 4 is 17.2 Å². The molecule has 0 saturated heterocycles. The van der Waals surface area contributed by atoms with Crippen molar-refractivity contribution in [3.05, 3.63) is 70.0 Å². The highest BCUT2D eigenvalue weighted by Crippen LogP contribution is 2.15. The number of fused-ring (bicyclic) bond motifs is 1. The molecule has 0 atom stereocenters. The van der Waals surface area contributed by atoms with Crippen LogP contribution in [0.1, 0.15) is 16.1 Å². The predicted molar refractivity (Wildman–Crippen MR) is 85.1 cm³/mol. The maximum atomic E-state index is 12.9. The Morgan fingerprint density at radius 3 is 2.71 bits per heavy atom. The molecule has 2 heterocycles. The van der Waals surface area contributed by atoms with E-state index in [9.17, 15) is 19.1 Å². The summed E-state index contributed by atoms with van der Waals surface area (Å²) in [4.78, 5) is 28.3. The van der Waals surface area contributed by atoms with Crippen LogP contribution in [-0.2, 0) is 6.54 Å². The van der Waals surface area contributed by atoms with E-state index in [1.165, 1.54) is 42.6 Å². The molecule has 0 aliphatic heterocycles. The van der Waals surface area contributed by atoms with Crippen molar-refractivity contribution in [2.75, 3.05) is 5.73 Å². The van der Waals surface area contributed by atoms with E-state index in [1.807, 2.05) is 0 Å². The lowest BCUT2D eigenvalue weighted by Crippen LogP contribution is -2.27. The summed E-state index contributed by atoms with van der Waals surface area (Å²) < 4.78 is 13.9. The van der Waals surface area contributed by atoms with Crippen LogP contribution in [-0.4, -0.2) is 20.4 Å². The zero-order valence-corrected chi connectivity index (χ0v) is 12.4. The van der Waals surface area contributed by atoms with Gasteiger partial charge in [-0.2, -0.15) is 0 Å². The third-order valence-corrected chi connectivity index (χ3v) is 3.44. The highest BCUT2D eigenvalue weighted by molar-refractivity contribution is 5.95. The molecule has 0 aliphatic carbocycles. The predicted octanol–water partition coefficient (Wildman–Crippen LogP) is 1.05. The molecule has 0 saturated carbocycles. The SMILES string of the molecule is Nc1cccn2c(=O)c(O)c(C(=O)NCc3ccc(F)cc3)nc12. The number of aromatic hydroxyl groups is 1. The van der Waals surface area contributed by atoms with Gasteiger partial charge in [0.1, 0.15) is 5.82 Å². The molecule has 0 unspecified atom stereocenters. The van der Waals surface area contributed by atoms with Crippen LogP contribution in [0.4, 0.5) is 10.1 Å². The molecule has 0 fully saturated rings. The summed E-state index contributed by atoms with van der Waals surface area (Å²) in [5.41, 5.74) is 5.47. The number of rotatable bonds is 3. The number of nitrogens with one attached hydrogen (secondary N) is 1. The Kier molecular flexibility index (Phi) is 3.87. The van der Waals surface area contributed by atoms with E-state index in [0.717, 1.165) is 4.40 Å². The Morgan fingerprint density at radius 1 is 1.29 bits per heavy atom. The first-order valence-corrected chi connectivity index (χ1v) is 7.00. The van der Waals surface area contributed by atoms with Gasteiger partial charge in [0.15, 0.2) is 11.3 Å². The Bertz CT molecular complexity index is 983. The van der Waals surface area contributed by atoms with Gasteiger partial charge in [-0.25, -0.2) is 9.37 Å². The minimum Gasteiger partial charge on any atom is -0.501 e. The highest BCUT2D eigenvalue weighted by atomic mass is 19.1. The van der Waals surface area contributed by atoms with Gasteiger partial charge in [0.2, 0.25) is 5.75 Å². The molecular weight excluding hydrogens is 315 g/mol. The molecule has 122 valence electrons. The second-order valence-corrected chi connectivity index (χ2v) is 5.08. The van der Waals surface area contributed by atoms with Crippen LogP contribution in [0.2, 0.25) is 0 Å². The zero-order chi connectivity index (χ0) is 17.3. The van der Waals surface area contributed by atoms with Crippen LogP contribution in [0.3, 0.4) is 0 Å². The van der Waals surface area contributed by atoms with Crippen LogP contribution in [0.5, 0.6) is 5.75 Å². The molecule has 1 amide bonds. The van der Waals surface area contributed by atoms with Gasteiger partial charge in [0, 0.05) is 12.7 Å². The van der Waals surface area contributed by atoms with Crippen LogP contribution < -0.4 is 16.6 Å². The molecule has 24 heavy (non-hydrogen) atoms. The summed E-state index contributed by atoms with van der Waals surface area (Å²) in [6.45, 7) is 0.0872. The molecule has 3 rings (SSSR count). The third-order valence-electron chi connectivity index (χ3n) is 3.44. The van der Waals surface area contributed by atoms with E-state index in [1.54, 1.807) is 0 Å². The first-order chi connectivity index (χ1) is 11.5. The van der Waals surface area contributed by atoms with Gasteiger partial charge in [-0.15, -0.1) is 0 Å². The summed E-state index contributed by atoms with van der Waals surface area (Å²) in [6, 6.07) is 8.60. The van der Waals surface area contributed by atoms with Crippen molar-refractivity contribution in [1.29, 1.82) is 0 Å². The van der Waals surface area contributed by atoms with E-state index in [4.69, 9.17) is 5.73 Å². The van der Waals surface area contributed by atoms with Crippen molar-refractivity contribution in [3.8, 4) is 5.75 Å². The lowest BCUT2D eigenvalue weighted by Gasteiger charge is -2.09. The minimum atomic E-state index is -0.792. The summed E-state index contributed by atoms with van der Waals surface area (Å²) in [5.74, 6) is -1.89. The Hall–Kier alpha value is -3.42. The van der Waals surface area contributed by atoms with Gasteiger partial charge in [-0.3, -0.25) is 14.0 Å². The van der Waals surface area contributed by atoms with Crippen molar-refractivity contribution < 1.29 is 14.3 Å². The van der Waals surface area contributed by atoms with E-state index in [2.05, 4.69) is 10.3 Å².